The SMILES string of the molecule is O=C(c1ccc2ccccc2c1)c1cccc2cccnc12. The molecule has 0 saturated carbocycles. The molecular weight excluding hydrogens is 270 g/mol. The summed E-state index contributed by atoms with van der Waals surface area (Å²) in [5.74, 6) is 0.00931. The number of aromatic nitrogens is 1. The Labute approximate surface area is 128 Å². The van der Waals surface area contributed by atoms with E-state index in [-0.39, 0.29) is 5.78 Å². The number of carbonyl (C=O) groups excluding carboxylic acids is 1. The van der Waals surface area contributed by atoms with Gasteiger partial charge in [-0.25, -0.2) is 0 Å². The van der Waals surface area contributed by atoms with Gasteiger partial charge in [0.1, 0.15) is 0 Å². The Kier molecular flexibility index (Phi) is 2.94. The molecule has 0 saturated heterocycles. The van der Waals surface area contributed by atoms with Gasteiger partial charge in [0.15, 0.2) is 5.78 Å². The van der Waals surface area contributed by atoms with Crippen molar-refractivity contribution in [2.45, 2.75) is 0 Å². The van der Waals surface area contributed by atoms with E-state index in [0.717, 1.165) is 21.7 Å². The number of nitrogens with zero attached hydrogens (tertiary/aromatic N) is 1. The Morgan fingerprint density at radius 3 is 2.41 bits per heavy atom. The molecular formula is C20H13NO. The average molecular weight is 283 g/mol. The van der Waals surface area contributed by atoms with Crippen LogP contribution in [0.15, 0.2) is 79.0 Å². The number of pyridine rings is 1. The van der Waals surface area contributed by atoms with Gasteiger partial charge in [-0.15, -0.1) is 0 Å². The molecule has 0 aliphatic rings. The van der Waals surface area contributed by atoms with Crippen molar-refractivity contribution in [2.75, 3.05) is 0 Å². The summed E-state index contributed by atoms with van der Waals surface area (Å²) in [6, 6.07) is 23.4. The highest BCUT2D eigenvalue weighted by molar-refractivity contribution is 6.16. The van der Waals surface area contributed by atoms with Gasteiger partial charge in [-0.05, 0) is 29.0 Å². The van der Waals surface area contributed by atoms with Crippen molar-refractivity contribution >= 4 is 27.5 Å². The van der Waals surface area contributed by atoms with Crippen LogP contribution < -0.4 is 0 Å². The summed E-state index contributed by atoms with van der Waals surface area (Å²) >= 11 is 0. The molecule has 0 radical (unpaired) electrons. The van der Waals surface area contributed by atoms with Crippen LogP contribution in [0.25, 0.3) is 21.7 Å². The fourth-order valence-corrected chi connectivity index (χ4v) is 2.77. The third-order valence-corrected chi connectivity index (χ3v) is 3.89. The first-order valence-electron chi connectivity index (χ1n) is 7.20. The maximum Gasteiger partial charge on any atom is 0.195 e. The van der Waals surface area contributed by atoms with E-state index in [2.05, 4.69) is 4.98 Å². The van der Waals surface area contributed by atoms with Gasteiger partial charge in [-0.2, -0.15) is 0 Å². The van der Waals surface area contributed by atoms with Crippen LogP contribution in [-0.2, 0) is 0 Å². The zero-order valence-electron chi connectivity index (χ0n) is 11.9. The lowest BCUT2D eigenvalue weighted by atomic mass is 9.98. The van der Waals surface area contributed by atoms with Crippen molar-refractivity contribution < 1.29 is 4.79 Å². The maximum atomic E-state index is 12.9. The van der Waals surface area contributed by atoms with E-state index >= 15 is 0 Å². The summed E-state index contributed by atoms with van der Waals surface area (Å²) < 4.78 is 0. The molecule has 2 nitrogen and oxygen atoms in total. The van der Waals surface area contributed by atoms with Gasteiger partial charge in [0.25, 0.3) is 0 Å². The average Bonchev–Trinajstić information content (AvgIpc) is 2.60. The minimum atomic E-state index is 0.00931. The Bertz CT molecular complexity index is 999. The number of hydrogen-bond acceptors (Lipinski definition) is 2. The number of hydrogen-bond donors (Lipinski definition) is 0. The molecule has 0 unspecified atom stereocenters. The molecule has 1 heterocycles. The van der Waals surface area contributed by atoms with Gasteiger partial charge in [-0.1, -0.05) is 54.6 Å². The summed E-state index contributed by atoms with van der Waals surface area (Å²) in [7, 11) is 0. The van der Waals surface area contributed by atoms with Crippen LogP contribution in [0.2, 0.25) is 0 Å². The number of benzene rings is 3. The highest BCUT2D eigenvalue weighted by atomic mass is 16.1. The molecule has 3 aromatic carbocycles. The largest absolute Gasteiger partial charge is 0.289 e. The van der Waals surface area contributed by atoms with Crippen molar-refractivity contribution in [2.24, 2.45) is 0 Å². The van der Waals surface area contributed by atoms with Gasteiger partial charge in [-0.3, -0.25) is 9.78 Å². The normalized spacial score (nSPS) is 10.9. The van der Waals surface area contributed by atoms with Crippen LogP contribution in [-0.4, -0.2) is 10.8 Å². The molecule has 0 spiro atoms. The molecule has 104 valence electrons. The second kappa shape index (κ2) is 5.08. The number of carbonyl (C=O) groups is 1. The smallest absolute Gasteiger partial charge is 0.195 e. The quantitative estimate of drug-likeness (QED) is 0.502. The predicted octanol–water partition coefficient (Wildman–Crippen LogP) is 4.62. The van der Waals surface area contributed by atoms with Crippen LogP contribution in [0.5, 0.6) is 0 Å². The summed E-state index contributed by atoms with van der Waals surface area (Å²) in [6.07, 6.45) is 1.72. The van der Waals surface area contributed by atoms with Crippen molar-refractivity contribution in [3.8, 4) is 0 Å². The zero-order chi connectivity index (χ0) is 14.9. The fourth-order valence-electron chi connectivity index (χ4n) is 2.77. The van der Waals surface area contributed by atoms with Crippen LogP contribution in [0.3, 0.4) is 0 Å². The van der Waals surface area contributed by atoms with Crippen molar-refractivity contribution in [3.05, 3.63) is 90.1 Å². The molecule has 4 rings (SSSR count). The molecule has 0 bridgehead atoms. The van der Waals surface area contributed by atoms with Crippen LogP contribution in [0.1, 0.15) is 15.9 Å². The number of rotatable bonds is 2. The van der Waals surface area contributed by atoms with E-state index < -0.39 is 0 Å². The lowest BCUT2D eigenvalue weighted by Gasteiger charge is -2.06. The molecule has 2 heteroatoms. The Balaban J connectivity index is 1.88. The van der Waals surface area contributed by atoms with E-state index in [4.69, 9.17) is 0 Å². The number of ketones is 1. The topological polar surface area (TPSA) is 30.0 Å². The molecule has 1 aromatic heterocycles. The van der Waals surface area contributed by atoms with Crippen molar-refractivity contribution in [1.82, 2.24) is 4.98 Å². The lowest BCUT2D eigenvalue weighted by Crippen LogP contribution is -2.03. The maximum absolute atomic E-state index is 12.9. The van der Waals surface area contributed by atoms with Gasteiger partial charge < -0.3 is 0 Å². The summed E-state index contributed by atoms with van der Waals surface area (Å²) in [5, 5.41) is 3.19. The molecule has 0 aliphatic heterocycles. The van der Waals surface area contributed by atoms with E-state index in [9.17, 15) is 4.79 Å². The summed E-state index contributed by atoms with van der Waals surface area (Å²) in [4.78, 5) is 17.2. The zero-order valence-corrected chi connectivity index (χ0v) is 11.9. The summed E-state index contributed by atoms with van der Waals surface area (Å²) in [6.45, 7) is 0. The van der Waals surface area contributed by atoms with E-state index in [1.54, 1.807) is 6.20 Å². The van der Waals surface area contributed by atoms with E-state index in [1.807, 2.05) is 72.8 Å². The van der Waals surface area contributed by atoms with Crippen LogP contribution >= 0.6 is 0 Å². The van der Waals surface area contributed by atoms with Gasteiger partial charge >= 0.3 is 0 Å². The molecule has 0 atom stereocenters. The standard InChI is InChI=1S/C20H13NO/c22-20(17-11-10-14-5-1-2-6-16(14)13-17)18-9-3-7-15-8-4-12-21-19(15)18/h1-13H. The van der Waals surface area contributed by atoms with Crippen LogP contribution in [0, 0.1) is 0 Å². The van der Waals surface area contributed by atoms with Crippen molar-refractivity contribution in [3.63, 3.8) is 0 Å². The molecule has 4 aromatic rings. The third-order valence-electron chi connectivity index (χ3n) is 3.89. The molecule has 0 amide bonds. The predicted molar refractivity (Wildman–Crippen MR) is 89.1 cm³/mol. The van der Waals surface area contributed by atoms with Gasteiger partial charge in [0.2, 0.25) is 0 Å². The number of fused-ring (bicyclic) bond motifs is 2. The minimum absolute atomic E-state index is 0.00931. The Hall–Kier alpha value is -3.00. The van der Waals surface area contributed by atoms with Gasteiger partial charge in [0, 0.05) is 22.7 Å². The third kappa shape index (κ3) is 2.06. The highest BCUT2D eigenvalue weighted by Crippen LogP contribution is 2.22. The molecule has 0 N–H and O–H groups in total. The number of para-hydroxylation sites is 1. The van der Waals surface area contributed by atoms with E-state index in [0.29, 0.717) is 11.1 Å². The first-order chi connectivity index (χ1) is 10.8. The van der Waals surface area contributed by atoms with E-state index in [1.165, 1.54) is 0 Å². The fraction of sp³-hybridized carbons (Fsp3) is 0. The first kappa shape index (κ1) is 12.7. The highest BCUT2D eigenvalue weighted by Gasteiger charge is 2.13. The monoisotopic (exact) mass is 283 g/mol. The molecule has 22 heavy (non-hydrogen) atoms. The van der Waals surface area contributed by atoms with Crippen LogP contribution in [0.4, 0.5) is 0 Å². The second-order valence-corrected chi connectivity index (χ2v) is 5.27. The lowest BCUT2D eigenvalue weighted by molar-refractivity contribution is 0.104. The van der Waals surface area contributed by atoms with Crippen molar-refractivity contribution in [1.29, 1.82) is 0 Å². The first-order valence-corrected chi connectivity index (χ1v) is 7.20. The minimum Gasteiger partial charge on any atom is -0.289 e. The Morgan fingerprint density at radius 1 is 0.727 bits per heavy atom. The molecule has 0 fully saturated rings. The Morgan fingerprint density at radius 2 is 1.50 bits per heavy atom. The van der Waals surface area contributed by atoms with Gasteiger partial charge in [0.05, 0.1) is 5.52 Å². The molecule has 0 aliphatic carbocycles. The summed E-state index contributed by atoms with van der Waals surface area (Å²) in [5.41, 5.74) is 2.09. The second-order valence-electron chi connectivity index (χ2n) is 5.27.